The van der Waals surface area contributed by atoms with E-state index < -0.39 is 11.9 Å². The minimum atomic E-state index is -0.782. The Bertz CT molecular complexity index is 475. The first-order valence-corrected chi connectivity index (χ1v) is 6.78. The highest BCUT2D eigenvalue weighted by molar-refractivity contribution is 5.69. The Kier molecular flexibility index (Phi) is 4.20. The fraction of sp³-hybridized carbons (Fsp3) is 0.533. The average molecular weight is 265 g/mol. The third-order valence-electron chi connectivity index (χ3n) is 3.96. The van der Waals surface area contributed by atoms with Crippen molar-refractivity contribution in [1.82, 2.24) is 4.90 Å². The maximum Gasteiger partial charge on any atom is 0.307 e. The lowest BCUT2D eigenvalue weighted by molar-refractivity contribution is -0.141. The number of nitrogens with zero attached hydrogens (tertiary/aromatic N) is 1. The highest BCUT2D eigenvalue weighted by atomic mass is 19.1. The standard InChI is InChI=1S/C15H20FNO2/c1-3-17(9-10(2)15(18)19)14-8-7-11-12(14)5-4-6-13(11)16/h4-6,10,14H,3,7-9H2,1-2H3,(H,18,19). The Hall–Kier alpha value is -1.42. The summed E-state index contributed by atoms with van der Waals surface area (Å²) in [7, 11) is 0. The molecule has 4 heteroatoms. The zero-order chi connectivity index (χ0) is 14.0. The minimum Gasteiger partial charge on any atom is -0.481 e. The summed E-state index contributed by atoms with van der Waals surface area (Å²) >= 11 is 0. The maximum absolute atomic E-state index is 13.7. The number of carboxylic acid groups (broad SMARTS) is 1. The van der Waals surface area contributed by atoms with Gasteiger partial charge in [-0.2, -0.15) is 0 Å². The molecular formula is C15H20FNO2. The number of benzene rings is 1. The molecule has 0 saturated carbocycles. The van der Waals surface area contributed by atoms with Crippen LogP contribution in [-0.4, -0.2) is 29.1 Å². The molecule has 0 aromatic heterocycles. The van der Waals surface area contributed by atoms with Crippen LogP contribution in [0.3, 0.4) is 0 Å². The van der Waals surface area contributed by atoms with Crippen LogP contribution in [-0.2, 0) is 11.2 Å². The first-order valence-electron chi connectivity index (χ1n) is 6.78. The number of hydrogen-bond acceptors (Lipinski definition) is 2. The van der Waals surface area contributed by atoms with Gasteiger partial charge in [-0.15, -0.1) is 0 Å². The Morgan fingerprint density at radius 3 is 2.95 bits per heavy atom. The van der Waals surface area contributed by atoms with Gasteiger partial charge in [-0.05, 0) is 36.6 Å². The van der Waals surface area contributed by atoms with Crippen molar-refractivity contribution in [2.45, 2.75) is 32.7 Å². The van der Waals surface area contributed by atoms with Gasteiger partial charge >= 0.3 is 5.97 Å². The molecule has 3 nitrogen and oxygen atoms in total. The smallest absolute Gasteiger partial charge is 0.307 e. The van der Waals surface area contributed by atoms with Crippen LogP contribution in [0.2, 0.25) is 0 Å². The third-order valence-corrected chi connectivity index (χ3v) is 3.96. The molecule has 1 aromatic carbocycles. The Morgan fingerprint density at radius 1 is 1.58 bits per heavy atom. The maximum atomic E-state index is 13.7. The molecule has 1 N–H and O–H groups in total. The summed E-state index contributed by atoms with van der Waals surface area (Å²) in [5, 5.41) is 9.02. The molecule has 0 bridgehead atoms. The predicted molar refractivity (Wildman–Crippen MR) is 71.5 cm³/mol. The van der Waals surface area contributed by atoms with E-state index in [9.17, 15) is 9.18 Å². The van der Waals surface area contributed by atoms with Crippen molar-refractivity contribution in [3.05, 3.63) is 35.1 Å². The molecule has 0 saturated heterocycles. The second-order valence-electron chi connectivity index (χ2n) is 5.19. The molecule has 1 aliphatic rings. The number of hydrogen-bond donors (Lipinski definition) is 1. The highest BCUT2D eigenvalue weighted by Gasteiger charge is 2.30. The molecule has 2 unspecified atom stereocenters. The van der Waals surface area contributed by atoms with Crippen LogP contribution in [0.25, 0.3) is 0 Å². The quantitative estimate of drug-likeness (QED) is 0.890. The van der Waals surface area contributed by atoms with E-state index >= 15 is 0 Å². The summed E-state index contributed by atoms with van der Waals surface area (Å²) in [6, 6.07) is 5.35. The van der Waals surface area contributed by atoms with E-state index in [2.05, 4.69) is 4.90 Å². The van der Waals surface area contributed by atoms with Crippen molar-refractivity contribution < 1.29 is 14.3 Å². The summed E-state index contributed by atoms with van der Waals surface area (Å²) < 4.78 is 13.7. The van der Waals surface area contributed by atoms with E-state index in [1.807, 2.05) is 13.0 Å². The highest BCUT2D eigenvalue weighted by Crippen LogP contribution is 2.37. The van der Waals surface area contributed by atoms with E-state index in [0.717, 1.165) is 30.5 Å². The zero-order valence-corrected chi connectivity index (χ0v) is 11.4. The van der Waals surface area contributed by atoms with E-state index in [0.29, 0.717) is 6.54 Å². The van der Waals surface area contributed by atoms with Crippen molar-refractivity contribution in [2.24, 2.45) is 5.92 Å². The normalized spacial score (nSPS) is 19.5. The summed E-state index contributed by atoms with van der Waals surface area (Å²) in [5.74, 6) is -1.32. The van der Waals surface area contributed by atoms with Gasteiger partial charge in [-0.25, -0.2) is 4.39 Å². The lowest BCUT2D eigenvalue weighted by atomic mass is 10.0. The molecule has 0 radical (unpaired) electrons. The molecule has 1 aromatic rings. The van der Waals surface area contributed by atoms with Gasteiger partial charge in [-0.3, -0.25) is 9.69 Å². The van der Waals surface area contributed by atoms with Crippen molar-refractivity contribution >= 4 is 5.97 Å². The van der Waals surface area contributed by atoms with Gasteiger partial charge in [0.15, 0.2) is 0 Å². The lowest BCUT2D eigenvalue weighted by Gasteiger charge is -2.29. The number of carbonyl (C=O) groups is 1. The SMILES string of the molecule is CCN(CC(C)C(=O)O)C1CCc2c(F)cccc21. The molecule has 0 aliphatic heterocycles. The van der Waals surface area contributed by atoms with E-state index in [-0.39, 0.29) is 11.9 Å². The average Bonchev–Trinajstić information content (AvgIpc) is 2.80. The van der Waals surface area contributed by atoms with Crippen molar-refractivity contribution in [1.29, 1.82) is 0 Å². The third kappa shape index (κ3) is 2.78. The molecule has 0 spiro atoms. The van der Waals surface area contributed by atoms with Crippen molar-refractivity contribution in [3.8, 4) is 0 Å². The van der Waals surface area contributed by atoms with Crippen LogP contribution in [0.4, 0.5) is 4.39 Å². The van der Waals surface area contributed by atoms with Gasteiger partial charge in [0, 0.05) is 12.6 Å². The van der Waals surface area contributed by atoms with Crippen LogP contribution < -0.4 is 0 Å². The van der Waals surface area contributed by atoms with E-state index in [1.54, 1.807) is 13.0 Å². The topological polar surface area (TPSA) is 40.5 Å². The minimum absolute atomic E-state index is 0.137. The summed E-state index contributed by atoms with van der Waals surface area (Å²) in [4.78, 5) is 13.1. The number of carboxylic acids is 1. The Labute approximate surface area is 113 Å². The number of halogens is 1. The van der Waals surface area contributed by atoms with Crippen LogP contribution in [0.5, 0.6) is 0 Å². The summed E-state index contributed by atoms with van der Waals surface area (Å²) in [5.41, 5.74) is 1.83. The van der Waals surface area contributed by atoms with Gasteiger partial charge in [0.25, 0.3) is 0 Å². The molecule has 2 atom stereocenters. The first kappa shape index (κ1) is 14.0. The number of aliphatic carboxylic acids is 1. The van der Waals surface area contributed by atoms with E-state index in [4.69, 9.17) is 5.11 Å². The molecule has 0 fully saturated rings. The fourth-order valence-corrected chi connectivity index (χ4v) is 2.87. The second kappa shape index (κ2) is 5.70. The van der Waals surface area contributed by atoms with Crippen LogP contribution in [0, 0.1) is 11.7 Å². The Balaban J connectivity index is 2.19. The monoisotopic (exact) mass is 265 g/mol. The number of fused-ring (bicyclic) bond motifs is 1. The molecule has 19 heavy (non-hydrogen) atoms. The fourth-order valence-electron chi connectivity index (χ4n) is 2.87. The largest absolute Gasteiger partial charge is 0.481 e. The molecular weight excluding hydrogens is 245 g/mol. The van der Waals surface area contributed by atoms with Crippen molar-refractivity contribution in [2.75, 3.05) is 13.1 Å². The van der Waals surface area contributed by atoms with Gasteiger partial charge in [0.1, 0.15) is 5.82 Å². The molecule has 0 heterocycles. The predicted octanol–water partition coefficient (Wildman–Crippen LogP) is 2.86. The van der Waals surface area contributed by atoms with Crippen LogP contribution in [0.15, 0.2) is 18.2 Å². The van der Waals surface area contributed by atoms with Gasteiger partial charge in [-0.1, -0.05) is 26.0 Å². The van der Waals surface area contributed by atoms with Crippen LogP contribution >= 0.6 is 0 Å². The van der Waals surface area contributed by atoms with Crippen molar-refractivity contribution in [3.63, 3.8) is 0 Å². The molecule has 2 rings (SSSR count). The first-order chi connectivity index (χ1) is 9.04. The Morgan fingerprint density at radius 2 is 2.32 bits per heavy atom. The van der Waals surface area contributed by atoms with E-state index in [1.165, 1.54) is 6.07 Å². The molecule has 0 amide bonds. The van der Waals surface area contributed by atoms with Gasteiger partial charge < -0.3 is 5.11 Å². The molecule has 1 aliphatic carbocycles. The number of rotatable bonds is 5. The van der Waals surface area contributed by atoms with Gasteiger partial charge in [0.05, 0.1) is 5.92 Å². The second-order valence-corrected chi connectivity index (χ2v) is 5.19. The van der Waals surface area contributed by atoms with Gasteiger partial charge in [0.2, 0.25) is 0 Å². The molecule has 104 valence electrons. The lowest BCUT2D eigenvalue weighted by Crippen LogP contribution is -2.34. The van der Waals surface area contributed by atoms with Crippen LogP contribution in [0.1, 0.15) is 37.4 Å². The zero-order valence-electron chi connectivity index (χ0n) is 11.4. The summed E-state index contributed by atoms with van der Waals surface area (Å²) in [6.07, 6.45) is 1.61. The summed E-state index contributed by atoms with van der Waals surface area (Å²) in [6.45, 7) is 5.02.